The van der Waals surface area contributed by atoms with E-state index < -0.39 is 0 Å². The molecule has 0 aliphatic carbocycles. The molecular formula is C11H17ClN2S2. The Morgan fingerprint density at radius 3 is 3.00 bits per heavy atom. The van der Waals surface area contributed by atoms with Crippen molar-refractivity contribution in [1.29, 1.82) is 0 Å². The summed E-state index contributed by atoms with van der Waals surface area (Å²) in [4.78, 5) is 3.78. The van der Waals surface area contributed by atoms with Crippen LogP contribution in [0.3, 0.4) is 0 Å². The molecular weight excluding hydrogens is 260 g/mol. The highest BCUT2D eigenvalue weighted by atomic mass is 35.5. The third-order valence-corrected chi connectivity index (χ3v) is 5.33. The summed E-state index contributed by atoms with van der Waals surface area (Å²) in [7, 11) is 2.20. The van der Waals surface area contributed by atoms with Gasteiger partial charge in [-0.1, -0.05) is 11.6 Å². The Morgan fingerprint density at radius 2 is 2.38 bits per heavy atom. The van der Waals surface area contributed by atoms with Crippen LogP contribution in [0.15, 0.2) is 12.1 Å². The number of hydrogen-bond donors (Lipinski definition) is 1. The molecule has 2 unspecified atom stereocenters. The number of rotatable bonds is 4. The number of thioether (sulfide) groups is 1. The summed E-state index contributed by atoms with van der Waals surface area (Å²) in [5.74, 6) is 0. The summed E-state index contributed by atoms with van der Waals surface area (Å²) in [5, 5.41) is 4.17. The molecule has 0 aromatic carbocycles. The van der Waals surface area contributed by atoms with Gasteiger partial charge in [0.1, 0.15) is 0 Å². The van der Waals surface area contributed by atoms with E-state index in [4.69, 9.17) is 11.6 Å². The topological polar surface area (TPSA) is 15.3 Å². The van der Waals surface area contributed by atoms with Crippen LogP contribution in [0.25, 0.3) is 0 Å². The van der Waals surface area contributed by atoms with Gasteiger partial charge in [-0.2, -0.15) is 11.8 Å². The van der Waals surface area contributed by atoms with E-state index in [1.807, 2.05) is 17.8 Å². The molecule has 0 bridgehead atoms. The number of hydrogen-bond acceptors (Lipinski definition) is 4. The minimum Gasteiger partial charge on any atom is -0.314 e. The van der Waals surface area contributed by atoms with Gasteiger partial charge >= 0.3 is 0 Å². The fraction of sp³-hybridized carbons (Fsp3) is 0.636. The molecule has 0 spiro atoms. The van der Waals surface area contributed by atoms with Gasteiger partial charge in [0.05, 0.1) is 4.34 Å². The molecule has 16 heavy (non-hydrogen) atoms. The Hall–Kier alpha value is 0.260. The minimum atomic E-state index is 0.635. The van der Waals surface area contributed by atoms with E-state index in [0.29, 0.717) is 11.3 Å². The Kier molecular flexibility index (Phi) is 4.56. The first-order valence-electron chi connectivity index (χ1n) is 5.38. The maximum absolute atomic E-state index is 5.94. The maximum Gasteiger partial charge on any atom is 0.0931 e. The van der Waals surface area contributed by atoms with Gasteiger partial charge in [0, 0.05) is 35.8 Å². The molecule has 2 heterocycles. The van der Waals surface area contributed by atoms with Crippen molar-refractivity contribution in [3.8, 4) is 0 Å². The van der Waals surface area contributed by atoms with Crippen LogP contribution < -0.4 is 5.32 Å². The molecule has 1 aromatic heterocycles. The lowest BCUT2D eigenvalue weighted by molar-refractivity contribution is 0.255. The van der Waals surface area contributed by atoms with Crippen LogP contribution >= 0.6 is 34.7 Å². The molecule has 2 nitrogen and oxygen atoms in total. The largest absolute Gasteiger partial charge is 0.314 e. The third-order valence-electron chi connectivity index (χ3n) is 3.03. The van der Waals surface area contributed by atoms with Crippen molar-refractivity contribution >= 4 is 34.7 Å². The summed E-state index contributed by atoms with van der Waals surface area (Å²) < 4.78 is 0.884. The second kappa shape index (κ2) is 5.74. The Bertz CT molecular complexity index is 342. The standard InChI is InChI=1S/C11H17ClN2S2/c1-14(7-8-3-4-11(12)16-8)9-5-13-6-10(9)15-2/h3-4,9-10,13H,5-7H2,1-2H3. The van der Waals surface area contributed by atoms with Gasteiger partial charge in [0.25, 0.3) is 0 Å². The van der Waals surface area contributed by atoms with E-state index in [0.717, 1.165) is 24.0 Å². The molecule has 90 valence electrons. The summed E-state index contributed by atoms with van der Waals surface area (Å²) in [6.07, 6.45) is 2.19. The van der Waals surface area contributed by atoms with Crippen LogP contribution in [0, 0.1) is 0 Å². The van der Waals surface area contributed by atoms with Crippen molar-refractivity contribution in [2.45, 2.75) is 17.8 Å². The van der Waals surface area contributed by atoms with Crippen molar-refractivity contribution in [1.82, 2.24) is 10.2 Å². The van der Waals surface area contributed by atoms with E-state index >= 15 is 0 Å². The number of halogens is 1. The summed E-state index contributed by atoms with van der Waals surface area (Å²) in [6, 6.07) is 4.74. The summed E-state index contributed by atoms with van der Waals surface area (Å²) in [5.41, 5.74) is 0. The van der Waals surface area contributed by atoms with E-state index in [1.165, 1.54) is 4.88 Å². The smallest absolute Gasteiger partial charge is 0.0931 e. The lowest BCUT2D eigenvalue weighted by atomic mass is 10.2. The zero-order valence-electron chi connectivity index (χ0n) is 9.57. The fourth-order valence-corrected chi connectivity index (χ4v) is 4.17. The van der Waals surface area contributed by atoms with E-state index in [9.17, 15) is 0 Å². The molecule has 5 heteroatoms. The summed E-state index contributed by atoms with van der Waals surface area (Å²) >= 11 is 9.58. The van der Waals surface area contributed by atoms with E-state index in [-0.39, 0.29) is 0 Å². The number of likely N-dealkylation sites (N-methyl/N-ethyl adjacent to an activating group) is 1. The van der Waals surface area contributed by atoms with Gasteiger partial charge in [-0.25, -0.2) is 0 Å². The number of nitrogens with zero attached hydrogens (tertiary/aromatic N) is 1. The van der Waals surface area contributed by atoms with Crippen molar-refractivity contribution in [2.24, 2.45) is 0 Å². The monoisotopic (exact) mass is 276 g/mol. The van der Waals surface area contributed by atoms with Crippen LogP contribution in [0.1, 0.15) is 4.88 Å². The molecule has 0 amide bonds. The fourth-order valence-electron chi connectivity index (χ4n) is 2.12. The highest BCUT2D eigenvalue weighted by Crippen LogP contribution is 2.25. The zero-order chi connectivity index (χ0) is 11.5. The van der Waals surface area contributed by atoms with Crippen LogP contribution in [-0.2, 0) is 6.54 Å². The highest BCUT2D eigenvalue weighted by molar-refractivity contribution is 7.99. The second-order valence-electron chi connectivity index (χ2n) is 4.12. The Balaban J connectivity index is 1.94. The lowest BCUT2D eigenvalue weighted by Crippen LogP contribution is -2.38. The molecule has 1 aliphatic rings. The first-order chi connectivity index (χ1) is 7.70. The van der Waals surface area contributed by atoms with Gasteiger partial charge in [-0.15, -0.1) is 11.3 Å². The SMILES string of the molecule is CSC1CNCC1N(C)Cc1ccc(Cl)s1. The zero-order valence-corrected chi connectivity index (χ0v) is 12.0. The average Bonchev–Trinajstić information content (AvgIpc) is 2.86. The first kappa shape index (κ1) is 12.7. The molecule has 1 saturated heterocycles. The van der Waals surface area contributed by atoms with Crippen molar-refractivity contribution in [2.75, 3.05) is 26.4 Å². The Labute approximate surface area is 110 Å². The van der Waals surface area contributed by atoms with Crippen molar-refractivity contribution < 1.29 is 0 Å². The molecule has 1 N–H and O–H groups in total. The quantitative estimate of drug-likeness (QED) is 0.910. The lowest BCUT2D eigenvalue weighted by Gasteiger charge is -2.27. The van der Waals surface area contributed by atoms with Gasteiger partial charge in [-0.3, -0.25) is 4.90 Å². The van der Waals surface area contributed by atoms with Gasteiger partial charge in [-0.05, 0) is 25.4 Å². The van der Waals surface area contributed by atoms with Crippen LogP contribution in [0.2, 0.25) is 4.34 Å². The third kappa shape index (κ3) is 2.93. The first-order valence-corrected chi connectivity index (χ1v) is 7.87. The maximum atomic E-state index is 5.94. The van der Waals surface area contributed by atoms with Crippen molar-refractivity contribution in [3.63, 3.8) is 0 Å². The van der Waals surface area contributed by atoms with Gasteiger partial charge in [0.15, 0.2) is 0 Å². The van der Waals surface area contributed by atoms with Gasteiger partial charge < -0.3 is 5.32 Å². The van der Waals surface area contributed by atoms with Crippen LogP contribution in [0.4, 0.5) is 0 Å². The van der Waals surface area contributed by atoms with Crippen LogP contribution in [0.5, 0.6) is 0 Å². The Morgan fingerprint density at radius 1 is 1.56 bits per heavy atom. The average molecular weight is 277 g/mol. The molecule has 0 radical (unpaired) electrons. The number of nitrogens with one attached hydrogen (secondary N) is 1. The number of thiophene rings is 1. The second-order valence-corrected chi connectivity index (χ2v) is 7.00. The molecule has 1 aliphatic heterocycles. The predicted molar refractivity (Wildman–Crippen MR) is 74.8 cm³/mol. The van der Waals surface area contributed by atoms with E-state index in [2.05, 4.69) is 29.6 Å². The van der Waals surface area contributed by atoms with Gasteiger partial charge in [0.2, 0.25) is 0 Å². The molecule has 1 fully saturated rings. The minimum absolute atomic E-state index is 0.635. The molecule has 2 rings (SSSR count). The molecule has 2 atom stereocenters. The predicted octanol–water partition coefficient (Wildman–Crippen LogP) is 2.54. The summed E-state index contributed by atoms with van der Waals surface area (Å²) in [6.45, 7) is 3.23. The van der Waals surface area contributed by atoms with Crippen molar-refractivity contribution in [3.05, 3.63) is 21.3 Å². The molecule has 1 aromatic rings. The normalized spacial score (nSPS) is 25.5. The molecule has 0 saturated carbocycles. The highest BCUT2D eigenvalue weighted by Gasteiger charge is 2.29. The van der Waals surface area contributed by atoms with E-state index in [1.54, 1.807) is 11.3 Å². The van der Waals surface area contributed by atoms with Crippen LogP contribution in [-0.4, -0.2) is 42.6 Å².